The van der Waals surface area contributed by atoms with E-state index >= 15 is 0 Å². The van der Waals surface area contributed by atoms with Crippen LogP contribution in [0.3, 0.4) is 0 Å². The molecule has 178 valence electrons. The molecule has 0 fully saturated rings. The van der Waals surface area contributed by atoms with Gasteiger partial charge in [0.2, 0.25) is 0 Å². The first-order valence-corrected chi connectivity index (χ1v) is 12.7. The first-order valence-electron chi connectivity index (χ1n) is 12.7. The average molecular weight is 480 g/mol. The predicted octanol–water partition coefficient (Wildman–Crippen LogP) is 8.87. The predicted molar refractivity (Wildman–Crippen MR) is 151 cm³/mol. The van der Waals surface area contributed by atoms with Gasteiger partial charge in [-0.25, -0.2) is 0 Å². The molecular weight excluding hydrogens is 454 g/mol. The molecule has 37 heavy (non-hydrogen) atoms. The summed E-state index contributed by atoms with van der Waals surface area (Å²) in [5, 5.41) is 5.14. The van der Waals surface area contributed by atoms with Crippen molar-refractivity contribution in [2.75, 3.05) is 0 Å². The van der Waals surface area contributed by atoms with E-state index in [0.717, 1.165) is 62.5 Å². The van der Waals surface area contributed by atoms with Gasteiger partial charge in [-0.05, 0) is 53.1 Å². The molecule has 7 rings (SSSR count). The van der Waals surface area contributed by atoms with Crippen LogP contribution in [0.5, 0.6) is 17.2 Å². The maximum absolute atomic E-state index is 6.68. The van der Waals surface area contributed by atoms with Crippen LogP contribution in [0, 0.1) is 0 Å². The number of nitrogens with zero attached hydrogens (tertiary/aromatic N) is 1. The van der Waals surface area contributed by atoms with Crippen molar-refractivity contribution in [3.05, 3.63) is 126 Å². The Balaban J connectivity index is 1.37. The van der Waals surface area contributed by atoms with Gasteiger partial charge >= 0.3 is 0 Å². The Morgan fingerprint density at radius 1 is 0.676 bits per heavy atom. The number of fused-ring (bicyclic) bond motifs is 4. The molecule has 0 saturated carbocycles. The third-order valence-electron chi connectivity index (χ3n) is 7.17. The van der Waals surface area contributed by atoms with Gasteiger partial charge in [-0.3, -0.25) is 4.98 Å². The summed E-state index contributed by atoms with van der Waals surface area (Å²) in [7, 11) is 0. The highest BCUT2D eigenvalue weighted by Crippen LogP contribution is 2.44. The molecule has 6 aromatic rings. The van der Waals surface area contributed by atoms with Gasteiger partial charge in [0.1, 0.15) is 23.6 Å². The number of ether oxygens (including phenoxy) is 2. The number of hydrogen-bond donors (Lipinski definition) is 0. The van der Waals surface area contributed by atoms with Crippen LogP contribution in [0.1, 0.15) is 23.1 Å². The Kier molecular flexibility index (Phi) is 5.32. The van der Waals surface area contributed by atoms with Crippen molar-refractivity contribution in [2.45, 2.75) is 19.4 Å². The Labute approximate surface area is 215 Å². The number of benzene rings is 5. The van der Waals surface area contributed by atoms with E-state index in [2.05, 4.69) is 66.7 Å². The van der Waals surface area contributed by atoms with Gasteiger partial charge in [-0.1, -0.05) is 91.0 Å². The van der Waals surface area contributed by atoms with E-state index in [9.17, 15) is 0 Å². The molecule has 1 aliphatic rings. The second-order valence-electron chi connectivity index (χ2n) is 9.40. The van der Waals surface area contributed by atoms with E-state index in [1.807, 2.05) is 48.7 Å². The molecule has 1 heterocycles. The molecule has 0 unspecified atom stereocenters. The lowest BCUT2D eigenvalue weighted by Crippen LogP contribution is -2.04. The highest BCUT2D eigenvalue weighted by molar-refractivity contribution is 6.10. The fourth-order valence-corrected chi connectivity index (χ4v) is 5.39. The molecular formula is C34H25NO2. The molecule has 0 N–H and O–H groups in total. The third-order valence-corrected chi connectivity index (χ3v) is 7.17. The van der Waals surface area contributed by atoms with Gasteiger partial charge in [0, 0.05) is 27.7 Å². The van der Waals surface area contributed by atoms with Crippen LogP contribution in [0.4, 0.5) is 0 Å². The standard InChI is InChI=1S/C34H25NO2/c1-3-15-26-23(10-1)12-7-14-25(26)22-36-33-28-17-5-6-18-29(28)34(32-30(33)19-9-21-35-32)37-31-20-8-13-24-11-2-4-16-27(24)31/h2-9,11-21H,1,10,22H2. The number of hydrogen-bond acceptors (Lipinski definition) is 3. The highest BCUT2D eigenvalue weighted by atomic mass is 16.5. The largest absolute Gasteiger partial charge is 0.488 e. The molecule has 3 heteroatoms. The van der Waals surface area contributed by atoms with E-state index in [0.29, 0.717) is 6.61 Å². The van der Waals surface area contributed by atoms with Gasteiger partial charge in [-0.15, -0.1) is 0 Å². The van der Waals surface area contributed by atoms with Crippen LogP contribution >= 0.6 is 0 Å². The molecule has 0 saturated heterocycles. The van der Waals surface area contributed by atoms with E-state index < -0.39 is 0 Å². The summed E-state index contributed by atoms with van der Waals surface area (Å²) in [5.74, 6) is 2.39. The molecule has 0 aliphatic heterocycles. The van der Waals surface area contributed by atoms with Crippen molar-refractivity contribution in [3.8, 4) is 17.2 Å². The summed E-state index contributed by atoms with van der Waals surface area (Å²) >= 11 is 0. The monoisotopic (exact) mass is 479 g/mol. The minimum atomic E-state index is 0.491. The van der Waals surface area contributed by atoms with Crippen molar-refractivity contribution in [1.82, 2.24) is 4.98 Å². The van der Waals surface area contributed by atoms with Crippen molar-refractivity contribution >= 4 is 38.5 Å². The zero-order chi connectivity index (χ0) is 24.6. The van der Waals surface area contributed by atoms with Crippen LogP contribution in [0.25, 0.3) is 38.5 Å². The lowest BCUT2D eigenvalue weighted by Gasteiger charge is -2.19. The van der Waals surface area contributed by atoms with Gasteiger partial charge in [-0.2, -0.15) is 0 Å². The molecule has 0 atom stereocenters. The minimum absolute atomic E-state index is 0.491. The molecule has 1 aromatic heterocycles. The maximum Gasteiger partial charge on any atom is 0.161 e. The quantitative estimate of drug-likeness (QED) is 0.231. The molecule has 1 aliphatic carbocycles. The summed E-state index contributed by atoms with van der Waals surface area (Å²) in [4.78, 5) is 4.78. The second kappa shape index (κ2) is 9.11. The number of aryl methyl sites for hydroxylation is 1. The van der Waals surface area contributed by atoms with Crippen molar-refractivity contribution in [2.24, 2.45) is 0 Å². The zero-order valence-corrected chi connectivity index (χ0v) is 20.4. The smallest absolute Gasteiger partial charge is 0.161 e. The summed E-state index contributed by atoms with van der Waals surface area (Å²) in [6, 6.07) is 33.2. The van der Waals surface area contributed by atoms with E-state index in [1.165, 1.54) is 16.7 Å². The fraction of sp³-hybridized carbons (Fsp3) is 0.0882. The fourth-order valence-electron chi connectivity index (χ4n) is 5.39. The third kappa shape index (κ3) is 3.80. The molecule has 0 amide bonds. The van der Waals surface area contributed by atoms with E-state index in [1.54, 1.807) is 0 Å². The second-order valence-corrected chi connectivity index (χ2v) is 9.40. The number of rotatable bonds is 5. The van der Waals surface area contributed by atoms with Crippen molar-refractivity contribution in [3.63, 3.8) is 0 Å². The van der Waals surface area contributed by atoms with E-state index in [-0.39, 0.29) is 0 Å². The van der Waals surface area contributed by atoms with Crippen molar-refractivity contribution < 1.29 is 9.47 Å². The van der Waals surface area contributed by atoms with E-state index in [4.69, 9.17) is 14.5 Å². The van der Waals surface area contributed by atoms with Crippen LogP contribution in [0.2, 0.25) is 0 Å². The van der Waals surface area contributed by atoms with Gasteiger partial charge in [0.25, 0.3) is 0 Å². The summed E-state index contributed by atoms with van der Waals surface area (Å²) in [5.41, 5.74) is 4.67. The van der Waals surface area contributed by atoms with Crippen LogP contribution < -0.4 is 9.47 Å². The summed E-state index contributed by atoms with van der Waals surface area (Å²) in [6.45, 7) is 0.491. The lowest BCUT2D eigenvalue weighted by molar-refractivity contribution is 0.313. The topological polar surface area (TPSA) is 31.4 Å². The summed E-state index contributed by atoms with van der Waals surface area (Å²) < 4.78 is 13.3. The lowest BCUT2D eigenvalue weighted by atomic mass is 9.93. The minimum Gasteiger partial charge on any atom is -0.488 e. The zero-order valence-electron chi connectivity index (χ0n) is 20.4. The number of allylic oxidation sites excluding steroid dienone is 1. The molecule has 0 spiro atoms. The Bertz CT molecular complexity index is 1760. The molecule has 3 nitrogen and oxygen atoms in total. The number of aromatic nitrogens is 1. The van der Waals surface area contributed by atoms with Crippen molar-refractivity contribution in [1.29, 1.82) is 0 Å². The normalized spacial score (nSPS) is 12.6. The molecule has 0 radical (unpaired) electrons. The Morgan fingerprint density at radius 3 is 2.35 bits per heavy atom. The maximum atomic E-state index is 6.68. The van der Waals surface area contributed by atoms with Crippen LogP contribution in [0.15, 0.2) is 109 Å². The summed E-state index contributed by atoms with van der Waals surface area (Å²) in [6.07, 6.45) is 8.47. The highest BCUT2D eigenvalue weighted by Gasteiger charge is 2.19. The van der Waals surface area contributed by atoms with Gasteiger partial charge in [0.05, 0.1) is 0 Å². The Hall–Kier alpha value is -4.63. The van der Waals surface area contributed by atoms with Gasteiger partial charge in [0.15, 0.2) is 5.75 Å². The first kappa shape index (κ1) is 21.6. The van der Waals surface area contributed by atoms with Crippen LogP contribution in [-0.2, 0) is 13.0 Å². The first-order chi connectivity index (χ1) is 18.4. The van der Waals surface area contributed by atoms with Gasteiger partial charge < -0.3 is 9.47 Å². The average Bonchev–Trinajstić information content (AvgIpc) is 2.97. The number of pyridine rings is 1. The molecule has 0 bridgehead atoms. The Morgan fingerprint density at radius 2 is 1.43 bits per heavy atom. The molecule has 5 aromatic carbocycles. The SMILES string of the molecule is C1=Cc2c(cccc2COc2c3ccccc3c(Oc3cccc4ccccc34)c3ncccc23)CC1. The van der Waals surface area contributed by atoms with Crippen LogP contribution in [-0.4, -0.2) is 4.98 Å².